The third-order valence-electron chi connectivity index (χ3n) is 5.94. The van der Waals surface area contributed by atoms with Crippen molar-refractivity contribution in [1.29, 1.82) is 0 Å². The summed E-state index contributed by atoms with van der Waals surface area (Å²) in [7, 11) is 0. The highest BCUT2D eigenvalue weighted by atomic mass is 16.6. The van der Waals surface area contributed by atoms with Crippen molar-refractivity contribution in [2.45, 2.75) is 19.5 Å². The monoisotopic (exact) mass is 441 g/mol. The lowest BCUT2D eigenvalue weighted by molar-refractivity contribution is -0.140. The second-order valence-corrected chi connectivity index (χ2v) is 8.18. The Morgan fingerprint density at radius 2 is 1.64 bits per heavy atom. The first-order chi connectivity index (χ1) is 16.0. The highest BCUT2D eigenvalue weighted by Crippen LogP contribution is 2.41. The van der Waals surface area contributed by atoms with E-state index in [1.807, 2.05) is 61.5 Å². The molecule has 1 fully saturated rings. The molecule has 0 saturated carbocycles. The second kappa shape index (κ2) is 8.47. The van der Waals surface area contributed by atoms with Crippen molar-refractivity contribution < 1.29 is 24.2 Å². The van der Waals surface area contributed by atoms with Gasteiger partial charge in [-0.2, -0.15) is 0 Å². The minimum atomic E-state index is -0.709. The zero-order valence-corrected chi connectivity index (χ0v) is 18.2. The van der Waals surface area contributed by atoms with Crippen LogP contribution in [0, 0.1) is 6.92 Å². The molecule has 2 aliphatic rings. The first-order valence-corrected chi connectivity index (χ1v) is 10.8. The smallest absolute Gasteiger partial charge is 0.295 e. The van der Waals surface area contributed by atoms with Gasteiger partial charge in [0.25, 0.3) is 11.7 Å². The number of Topliss-reactive ketones (excluding diaryl/α,β-unsaturated/α-hetero) is 1. The van der Waals surface area contributed by atoms with E-state index < -0.39 is 17.7 Å². The van der Waals surface area contributed by atoms with Crippen LogP contribution in [0.15, 0.2) is 78.4 Å². The number of ether oxygens (including phenoxy) is 2. The van der Waals surface area contributed by atoms with Crippen LogP contribution in [-0.2, 0) is 16.1 Å². The van der Waals surface area contributed by atoms with E-state index in [2.05, 4.69) is 0 Å². The molecule has 2 aliphatic heterocycles. The number of aliphatic hydroxyl groups is 1. The summed E-state index contributed by atoms with van der Waals surface area (Å²) in [5.41, 5.74) is 3.18. The zero-order chi connectivity index (χ0) is 22.9. The summed E-state index contributed by atoms with van der Waals surface area (Å²) < 4.78 is 11.2. The van der Waals surface area contributed by atoms with E-state index in [-0.39, 0.29) is 17.9 Å². The van der Waals surface area contributed by atoms with E-state index in [0.29, 0.717) is 30.3 Å². The molecule has 0 unspecified atom stereocenters. The van der Waals surface area contributed by atoms with Crippen molar-refractivity contribution in [3.63, 3.8) is 0 Å². The van der Waals surface area contributed by atoms with E-state index in [1.54, 1.807) is 18.2 Å². The topological polar surface area (TPSA) is 76.1 Å². The molecule has 1 amide bonds. The van der Waals surface area contributed by atoms with Gasteiger partial charge in [0.2, 0.25) is 0 Å². The summed E-state index contributed by atoms with van der Waals surface area (Å²) in [5.74, 6) is -0.494. The van der Waals surface area contributed by atoms with Gasteiger partial charge in [0.1, 0.15) is 19.0 Å². The Balaban J connectivity index is 1.63. The number of hydrogen-bond acceptors (Lipinski definition) is 5. The first kappa shape index (κ1) is 20.8. The van der Waals surface area contributed by atoms with Gasteiger partial charge in [-0.1, -0.05) is 60.2 Å². The molecule has 1 N–H and O–H groups in total. The molecule has 2 heterocycles. The predicted octanol–water partition coefficient (Wildman–Crippen LogP) is 4.39. The van der Waals surface area contributed by atoms with Gasteiger partial charge in [0.05, 0.1) is 11.6 Å². The van der Waals surface area contributed by atoms with E-state index in [1.165, 1.54) is 4.90 Å². The van der Waals surface area contributed by atoms with E-state index >= 15 is 0 Å². The van der Waals surface area contributed by atoms with Crippen molar-refractivity contribution in [3.8, 4) is 11.5 Å². The number of benzene rings is 3. The lowest BCUT2D eigenvalue weighted by Gasteiger charge is -2.25. The summed E-state index contributed by atoms with van der Waals surface area (Å²) in [6.45, 7) is 3.08. The van der Waals surface area contributed by atoms with Crippen molar-refractivity contribution in [2.24, 2.45) is 0 Å². The predicted molar refractivity (Wildman–Crippen MR) is 123 cm³/mol. The molecule has 0 bridgehead atoms. The molecule has 6 heteroatoms. The number of aryl methyl sites for hydroxylation is 1. The fourth-order valence-corrected chi connectivity index (χ4v) is 4.26. The quantitative estimate of drug-likeness (QED) is 0.369. The highest BCUT2D eigenvalue weighted by molar-refractivity contribution is 6.46. The molecule has 0 spiro atoms. The summed E-state index contributed by atoms with van der Waals surface area (Å²) in [4.78, 5) is 27.8. The van der Waals surface area contributed by atoms with Gasteiger partial charge in [-0.05, 0) is 36.2 Å². The van der Waals surface area contributed by atoms with E-state index in [0.717, 1.165) is 16.7 Å². The largest absolute Gasteiger partial charge is 0.507 e. The number of likely N-dealkylation sites (tertiary alicyclic amines) is 1. The van der Waals surface area contributed by atoms with Crippen molar-refractivity contribution >= 4 is 17.4 Å². The van der Waals surface area contributed by atoms with Crippen LogP contribution in [0.2, 0.25) is 0 Å². The van der Waals surface area contributed by atoms with Crippen LogP contribution in [0.4, 0.5) is 0 Å². The zero-order valence-electron chi connectivity index (χ0n) is 18.2. The number of ketones is 1. The average molecular weight is 441 g/mol. The van der Waals surface area contributed by atoms with Gasteiger partial charge < -0.3 is 19.5 Å². The molecular weight excluding hydrogens is 418 g/mol. The summed E-state index contributed by atoms with van der Waals surface area (Å²) >= 11 is 0. The molecule has 6 nitrogen and oxygen atoms in total. The molecule has 0 aromatic heterocycles. The molecule has 5 rings (SSSR count). The fourth-order valence-electron chi connectivity index (χ4n) is 4.26. The Bertz CT molecular complexity index is 1250. The number of nitrogens with zero attached hydrogens (tertiary/aromatic N) is 1. The van der Waals surface area contributed by atoms with Gasteiger partial charge in [0.15, 0.2) is 11.5 Å². The third-order valence-corrected chi connectivity index (χ3v) is 5.94. The molecular formula is C27H23NO5. The minimum absolute atomic E-state index is 0.0662. The highest BCUT2D eigenvalue weighted by Gasteiger charge is 2.46. The lowest BCUT2D eigenvalue weighted by Crippen LogP contribution is -2.29. The Hall–Kier alpha value is -4.06. The second-order valence-electron chi connectivity index (χ2n) is 8.18. The maximum atomic E-state index is 13.2. The Kier molecular flexibility index (Phi) is 5.34. The van der Waals surface area contributed by atoms with E-state index in [4.69, 9.17) is 9.47 Å². The van der Waals surface area contributed by atoms with Crippen molar-refractivity contribution in [3.05, 3.63) is 101 Å². The Morgan fingerprint density at radius 1 is 0.939 bits per heavy atom. The molecule has 166 valence electrons. The molecule has 1 atom stereocenters. The molecule has 1 saturated heterocycles. The molecule has 3 aromatic carbocycles. The maximum Gasteiger partial charge on any atom is 0.295 e. The lowest BCUT2D eigenvalue weighted by atomic mass is 9.94. The van der Waals surface area contributed by atoms with Gasteiger partial charge in [0, 0.05) is 12.1 Å². The van der Waals surface area contributed by atoms with Gasteiger partial charge in [-0.3, -0.25) is 9.59 Å². The van der Waals surface area contributed by atoms with Crippen LogP contribution >= 0.6 is 0 Å². The minimum Gasteiger partial charge on any atom is -0.507 e. The third kappa shape index (κ3) is 3.84. The molecule has 0 radical (unpaired) electrons. The number of hydrogen-bond donors (Lipinski definition) is 1. The summed E-state index contributed by atoms with van der Waals surface area (Å²) in [6, 6.07) is 21.4. The van der Waals surface area contributed by atoms with E-state index in [9.17, 15) is 14.7 Å². The van der Waals surface area contributed by atoms with Crippen LogP contribution in [0.1, 0.15) is 28.3 Å². The van der Waals surface area contributed by atoms with Gasteiger partial charge >= 0.3 is 0 Å². The first-order valence-electron chi connectivity index (χ1n) is 10.8. The number of rotatable bonds is 4. The van der Waals surface area contributed by atoms with Gasteiger partial charge in [-0.25, -0.2) is 0 Å². The summed E-state index contributed by atoms with van der Waals surface area (Å²) in [6.07, 6.45) is 0. The van der Waals surface area contributed by atoms with Crippen LogP contribution in [0.5, 0.6) is 11.5 Å². The molecule has 0 aliphatic carbocycles. The van der Waals surface area contributed by atoms with Crippen LogP contribution < -0.4 is 9.47 Å². The summed E-state index contributed by atoms with van der Waals surface area (Å²) in [5, 5.41) is 11.3. The number of carbonyl (C=O) groups is 2. The van der Waals surface area contributed by atoms with Crippen LogP contribution in [0.25, 0.3) is 5.76 Å². The number of amides is 1. The van der Waals surface area contributed by atoms with Crippen molar-refractivity contribution in [2.75, 3.05) is 13.2 Å². The number of aliphatic hydroxyl groups excluding tert-OH is 1. The van der Waals surface area contributed by atoms with Crippen LogP contribution in [-0.4, -0.2) is 34.9 Å². The SMILES string of the molecule is Cc1ccc([C@H]2/C(=C(\O)c3ccc4c(c3)OCCO4)C(=O)C(=O)N2Cc2ccccc2)cc1. The molecule has 3 aromatic rings. The fraction of sp³-hybridized carbons (Fsp3) is 0.185. The number of fused-ring (bicyclic) bond motifs is 1. The maximum absolute atomic E-state index is 13.2. The number of carbonyl (C=O) groups excluding carboxylic acids is 2. The Morgan fingerprint density at radius 3 is 2.36 bits per heavy atom. The average Bonchev–Trinajstić information content (AvgIpc) is 3.09. The normalized spacial score (nSPS) is 19.1. The Labute approximate surface area is 191 Å². The van der Waals surface area contributed by atoms with Crippen LogP contribution in [0.3, 0.4) is 0 Å². The van der Waals surface area contributed by atoms with Crippen molar-refractivity contribution in [1.82, 2.24) is 4.90 Å². The van der Waals surface area contributed by atoms with Gasteiger partial charge in [-0.15, -0.1) is 0 Å². The standard InChI is InChI=1S/C27H23NO5/c1-17-7-9-19(10-8-17)24-23(25(29)20-11-12-21-22(15-20)33-14-13-32-21)26(30)27(31)28(24)16-18-5-3-2-4-6-18/h2-12,15,24,29H,13-14,16H2,1H3/b25-23+/t24-/m0/s1. The molecule has 33 heavy (non-hydrogen) atoms.